The molecule has 0 bridgehead atoms. The van der Waals surface area contributed by atoms with Crippen molar-refractivity contribution < 1.29 is 9.50 Å². The highest BCUT2D eigenvalue weighted by atomic mass is 32.1. The van der Waals surface area contributed by atoms with Crippen molar-refractivity contribution in [3.05, 3.63) is 71.1 Å². The number of nitrogens with one attached hydrogen (secondary N) is 1. The molecule has 3 rings (SSSR count). The molecule has 118 valence electrons. The first-order chi connectivity index (χ1) is 11.2. The molecule has 1 atom stereocenters. The number of pyridine rings is 1. The summed E-state index contributed by atoms with van der Waals surface area (Å²) in [5.74, 6) is -0.307. The van der Waals surface area contributed by atoms with Gasteiger partial charge < -0.3 is 10.4 Å². The zero-order chi connectivity index (χ0) is 16.1. The monoisotopic (exact) mass is 329 g/mol. The summed E-state index contributed by atoms with van der Waals surface area (Å²) in [5, 5.41) is 16.1. The lowest BCUT2D eigenvalue weighted by Gasteiger charge is -2.11. The molecule has 0 radical (unpaired) electrons. The number of hydrogen-bond donors (Lipinski definition) is 2. The fourth-order valence-electron chi connectivity index (χ4n) is 2.13. The summed E-state index contributed by atoms with van der Waals surface area (Å²) in [4.78, 5) is 8.80. The lowest BCUT2D eigenvalue weighted by Crippen LogP contribution is -2.21. The average Bonchev–Trinajstić information content (AvgIpc) is 3.05. The van der Waals surface area contributed by atoms with Gasteiger partial charge in [-0.1, -0.05) is 18.2 Å². The highest BCUT2D eigenvalue weighted by Gasteiger charge is 2.09. The first-order valence-electron chi connectivity index (χ1n) is 7.22. The number of aliphatic hydroxyl groups excluding tert-OH is 1. The van der Waals surface area contributed by atoms with Crippen molar-refractivity contribution in [3.63, 3.8) is 0 Å². The third-order valence-corrected chi connectivity index (χ3v) is 4.25. The summed E-state index contributed by atoms with van der Waals surface area (Å²) >= 11 is 1.54. The Bertz CT molecular complexity index is 746. The maximum Gasteiger partial charge on any atom is 0.142 e. The van der Waals surface area contributed by atoms with Gasteiger partial charge in [0, 0.05) is 24.7 Å². The van der Waals surface area contributed by atoms with Crippen LogP contribution in [0, 0.1) is 5.82 Å². The van der Waals surface area contributed by atoms with E-state index in [0.29, 0.717) is 18.7 Å². The van der Waals surface area contributed by atoms with Gasteiger partial charge in [-0.05, 0) is 29.8 Å². The van der Waals surface area contributed by atoms with Crippen LogP contribution >= 0.6 is 11.3 Å². The molecule has 0 aliphatic rings. The van der Waals surface area contributed by atoms with Gasteiger partial charge in [-0.2, -0.15) is 0 Å². The Kier molecular flexibility index (Phi) is 5.07. The SMILES string of the molecule is OC(CNCc1csc(-c2ccccn2)n1)c1ccc(F)cc1. The Labute approximate surface area is 137 Å². The zero-order valence-electron chi connectivity index (χ0n) is 12.3. The largest absolute Gasteiger partial charge is 0.387 e. The first kappa shape index (κ1) is 15.7. The van der Waals surface area contributed by atoms with Gasteiger partial charge in [-0.25, -0.2) is 9.37 Å². The second-order valence-corrected chi connectivity index (χ2v) is 5.92. The molecule has 1 aromatic carbocycles. The first-order valence-corrected chi connectivity index (χ1v) is 8.10. The molecule has 6 heteroatoms. The van der Waals surface area contributed by atoms with Crippen molar-refractivity contribution in [2.45, 2.75) is 12.6 Å². The summed E-state index contributed by atoms with van der Waals surface area (Å²) in [5.41, 5.74) is 2.45. The third-order valence-electron chi connectivity index (χ3n) is 3.33. The number of nitrogens with zero attached hydrogens (tertiary/aromatic N) is 2. The summed E-state index contributed by atoms with van der Waals surface area (Å²) in [6, 6.07) is 11.6. The number of benzene rings is 1. The lowest BCUT2D eigenvalue weighted by molar-refractivity contribution is 0.174. The van der Waals surface area contributed by atoms with E-state index in [1.54, 1.807) is 29.7 Å². The van der Waals surface area contributed by atoms with Crippen LogP contribution in [-0.4, -0.2) is 21.6 Å². The minimum Gasteiger partial charge on any atom is -0.387 e. The van der Waals surface area contributed by atoms with Gasteiger partial charge in [-0.15, -0.1) is 11.3 Å². The molecule has 2 N–H and O–H groups in total. The van der Waals surface area contributed by atoms with Gasteiger partial charge in [0.1, 0.15) is 10.8 Å². The Morgan fingerprint density at radius 2 is 2.00 bits per heavy atom. The molecule has 0 saturated carbocycles. The fourth-order valence-corrected chi connectivity index (χ4v) is 2.93. The Balaban J connectivity index is 1.53. The van der Waals surface area contributed by atoms with Crippen LogP contribution in [0.5, 0.6) is 0 Å². The van der Waals surface area contributed by atoms with Gasteiger partial charge in [0.25, 0.3) is 0 Å². The number of halogens is 1. The highest BCUT2D eigenvalue weighted by Crippen LogP contribution is 2.21. The topological polar surface area (TPSA) is 58.0 Å². The van der Waals surface area contributed by atoms with Crippen LogP contribution < -0.4 is 5.32 Å². The van der Waals surface area contributed by atoms with Crippen molar-refractivity contribution in [2.75, 3.05) is 6.54 Å². The van der Waals surface area contributed by atoms with E-state index in [-0.39, 0.29) is 5.82 Å². The van der Waals surface area contributed by atoms with E-state index in [1.165, 1.54) is 12.1 Å². The number of aromatic nitrogens is 2. The van der Waals surface area contributed by atoms with E-state index in [0.717, 1.165) is 16.4 Å². The van der Waals surface area contributed by atoms with Crippen molar-refractivity contribution in [3.8, 4) is 10.7 Å². The summed E-state index contributed by atoms with van der Waals surface area (Å²) in [6.45, 7) is 0.934. The molecular weight excluding hydrogens is 313 g/mol. The summed E-state index contributed by atoms with van der Waals surface area (Å²) < 4.78 is 12.9. The van der Waals surface area contributed by atoms with Crippen molar-refractivity contribution in [1.29, 1.82) is 0 Å². The lowest BCUT2D eigenvalue weighted by atomic mass is 10.1. The second-order valence-electron chi connectivity index (χ2n) is 5.06. The third kappa shape index (κ3) is 4.19. The van der Waals surface area contributed by atoms with E-state index in [4.69, 9.17) is 0 Å². The summed E-state index contributed by atoms with van der Waals surface area (Å²) in [7, 11) is 0. The molecule has 3 aromatic rings. The van der Waals surface area contributed by atoms with Gasteiger partial charge in [-0.3, -0.25) is 4.98 Å². The smallest absolute Gasteiger partial charge is 0.142 e. The minimum absolute atomic E-state index is 0.307. The van der Waals surface area contributed by atoms with Gasteiger partial charge in [0.2, 0.25) is 0 Å². The summed E-state index contributed by atoms with van der Waals surface area (Å²) in [6.07, 6.45) is 1.07. The van der Waals surface area contributed by atoms with Gasteiger partial charge in [0.05, 0.1) is 17.5 Å². The number of rotatable bonds is 6. The minimum atomic E-state index is -0.676. The Hall–Kier alpha value is -2.15. The quantitative estimate of drug-likeness (QED) is 0.729. The molecule has 0 aliphatic carbocycles. The molecule has 0 amide bonds. The molecule has 0 aliphatic heterocycles. The molecule has 1 unspecified atom stereocenters. The molecule has 2 heterocycles. The van der Waals surface area contributed by atoms with Crippen molar-refractivity contribution in [1.82, 2.24) is 15.3 Å². The molecule has 4 nitrogen and oxygen atoms in total. The van der Waals surface area contributed by atoms with Gasteiger partial charge >= 0.3 is 0 Å². The van der Waals surface area contributed by atoms with Crippen LogP contribution in [0.1, 0.15) is 17.4 Å². The predicted molar refractivity (Wildman–Crippen MR) is 88.4 cm³/mol. The Morgan fingerprint density at radius 3 is 2.74 bits per heavy atom. The average molecular weight is 329 g/mol. The van der Waals surface area contributed by atoms with Crippen LogP contribution in [0.3, 0.4) is 0 Å². The van der Waals surface area contributed by atoms with E-state index in [9.17, 15) is 9.50 Å². The maximum absolute atomic E-state index is 12.9. The highest BCUT2D eigenvalue weighted by molar-refractivity contribution is 7.13. The van der Waals surface area contributed by atoms with Crippen LogP contribution in [-0.2, 0) is 6.54 Å². The molecule has 2 aromatic heterocycles. The molecule has 0 fully saturated rings. The maximum atomic E-state index is 12.9. The van der Waals surface area contributed by atoms with Crippen LogP contribution in [0.2, 0.25) is 0 Å². The predicted octanol–water partition coefficient (Wildman–Crippen LogP) is 3.17. The van der Waals surface area contributed by atoms with Crippen LogP contribution in [0.4, 0.5) is 4.39 Å². The molecular formula is C17H16FN3OS. The van der Waals surface area contributed by atoms with E-state index in [1.807, 2.05) is 23.6 Å². The van der Waals surface area contributed by atoms with Crippen molar-refractivity contribution >= 4 is 11.3 Å². The zero-order valence-corrected chi connectivity index (χ0v) is 13.1. The standard InChI is InChI=1S/C17H16FN3OS/c18-13-6-4-12(5-7-13)16(22)10-19-9-14-11-23-17(21-14)15-3-1-2-8-20-15/h1-8,11,16,19,22H,9-10H2. The van der Waals surface area contributed by atoms with E-state index < -0.39 is 6.10 Å². The molecule has 23 heavy (non-hydrogen) atoms. The Morgan fingerprint density at radius 1 is 1.17 bits per heavy atom. The number of thiazole rings is 1. The molecule has 0 spiro atoms. The van der Waals surface area contributed by atoms with Gasteiger partial charge in [0.15, 0.2) is 0 Å². The van der Waals surface area contributed by atoms with E-state index >= 15 is 0 Å². The van der Waals surface area contributed by atoms with Crippen LogP contribution in [0.15, 0.2) is 54.0 Å². The number of aliphatic hydroxyl groups is 1. The van der Waals surface area contributed by atoms with E-state index in [2.05, 4.69) is 15.3 Å². The van der Waals surface area contributed by atoms with Crippen molar-refractivity contribution in [2.24, 2.45) is 0 Å². The second kappa shape index (κ2) is 7.41. The van der Waals surface area contributed by atoms with Crippen LogP contribution in [0.25, 0.3) is 10.7 Å². The normalized spacial score (nSPS) is 12.3. The number of hydrogen-bond acceptors (Lipinski definition) is 5. The molecule has 0 saturated heterocycles. The fraction of sp³-hybridized carbons (Fsp3) is 0.176.